The predicted molar refractivity (Wildman–Crippen MR) is 129 cm³/mol. The van der Waals surface area contributed by atoms with Crippen LogP contribution in [0.4, 0.5) is 0 Å². The topological polar surface area (TPSA) is 84.4 Å². The Hall–Kier alpha value is -4.06. The van der Waals surface area contributed by atoms with Crippen LogP contribution in [0.3, 0.4) is 0 Å². The number of carbonyl (C=O) groups excluding carboxylic acids is 1. The van der Waals surface area contributed by atoms with Crippen LogP contribution in [-0.2, 0) is 0 Å². The van der Waals surface area contributed by atoms with Crippen LogP contribution in [-0.4, -0.2) is 35.6 Å². The number of aldehydes is 1. The SMILES string of the molecule is COc1ccc(-c2nc(-c3cc(C=O)c(O)c(C(C)C)c3)[nH]c2-c2ccc(OC)cc2)cc1. The van der Waals surface area contributed by atoms with E-state index in [1.54, 1.807) is 20.3 Å². The number of hydrogen-bond donors (Lipinski definition) is 2. The maximum absolute atomic E-state index is 11.6. The zero-order valence-corrected chi connectivity index (χ0v) is 19.0. The monoisotopic (exact) mass is 442 g/mol. The number of nitrogens with one attached hydrogen (secondary N) is 1. The fourth-order valence-corrected chi connectivity index (χ4v) is 3.78. The molecule has 0 atom stereocenters. The molecule has 0 aliphatic carbocycles. The first-order valence-corrected chi connectivity index (χ1v) is 10.7. The number of phenols is 1. The summed E-state index contributed by atoms with van der Waals surface area (Å²) in [5.74, 6) is 2.19. The molecular weight excluding hydrogens is 416 g/mol. The third-order valence-electron chi connectivity index (χ3n) is 5.64. The molecule has 0 fully saturated rings. The average molecular weight is 443 g/mol. The zero-order valence-electron chi connectivity index (χ0n) is 19.0. The van der Waals surface area contributed by atoms with Crippen molar-refractivity contribution >= 4 is 6.29 Å². The van der Waals surface area contributed by atoms with Gasteiger partial charge in [0, 0.05) is 16.7 Å². The highest BCUT2D eigenvalue weighted by Crippen LogP contribution is 2.37. The minimum Gasteiger partial charge on any atom is -0.507 e. The molecule has 4 aromatic rings. The molecule has 0 amide bonds. The molecule has 1 heterocycles. The van der Waals surface area contributed by atoms with Gasteiger partial charge in [0.2, 0.25) is 0 Å². The van der Waals surface area contributed by atoms with Crippen LogP contribution >= 0.6 is 0 Å². The molecule has 0 bridgehead atoms. The van der Waals surface area contributed by atoms with E-state index < -0.39 is 0 Å². The van der Waals surface area contributed by atoms with Crippen molar-refractivity contribution in [2.24, 2.45) is 0 Å². The first kappa shape index (κ1) is 22.1. The summed E-state index contributed by atoms with van der Waals surface area (Å²) in [6, 6.07) is 19.0. The maximum Gasteiger partial charge on any atom is 0.153 e. The Morgan fingerprint density at radius 1 is 0.879 bits per heavy atom. The van der Waals surface area contributed by atoms with E-state index in [0.29, 0.717) is 17.7 Å². The van der Waals surface area contributed by atoms with Gasteiger partial charge in [-0.05, 0) is 72.1 Å². The molecule has 1 aromatic heterocycles. The van der Waals surface area contributed by atoms with E-state index in [2.05, 4.69) is 4.98 Å². The summed E-state index contributed by atoms with van der Waals surface area (Å²) in [5, 5.41) is 10.5. The van der Waals surface area contributed by atoms with Crippen LogP contribution in [0.15, 0.2) is 60.7 Å². The van der Waals surface area contributed by atoms with Gasteiger partial charge in [-0.1, -0.05) is 13.8 Å². The Kier molecular flexibility index (Phi) is 6.18. The van der Waals surface area contributed by atoms with Gasteiger partial charge in [-0.25, -0.2) is 4.98 Å². The van der Waals surface area contributed by atoms with Gasteiger partial charge in [-0.15, -0.1) is 0 Å². The second kappa shape index (κ2) is 9.20. The van der Waals surface area contributed by atoms with Gasteiger partial charge in [-0.2, -0.15) is 0 Å². The Morgan fingerprint density at radius 2 is 1.45 bits per heavy atom. The molecule has 0 saturated carbocycles. The number of benzene rings is 3. The highest BCUT2D eigenvalue weighted by Gasteiger charge is 2.19. The van der Waals surface area contributed by atoms with Crippen LogP contribution in [0.25, 0.3) is 33.9 Å². The maximum atomic E-state index is 11.6. The lowest BCUT2D eigenvalue weighted by molar-refractivity contribution is 0.112. The van der Waals surface area contributed by atoms with Gasteiger partial charge < -0.3 is 19.6 Å². The van der Waals surface area contributed by atoms with Crippen molar-refractivity contribution in [3.8, 4) is 51.2 Å². The van der Waals surface area contributed by atoms with Crippen LogP contribution in [0.1, 0.15) is 35.7 Å². The number of aromatic nitrogens is 2. The van der Waals surface area contributed by atoms with E-state index in [1.165, 1.54) is 0 Å². The van der Waals surface area contributed by atoms with Crippen molar-refractivity contribution in [3.63, 3.8) is 0 Å². The van der Waals surface area contributed by atoms with E-state index in [9.17, 15) is 9.90 Å². The molecule has 6 heteroatoms. The number of carbonyl (C=O) groups is 1. The second-order valence-electron chi connectivity index (χ2n) is 8.04. The number of methoxy groups -OCH3 is 2. The number of aromatic hydroxyl groups is 1. The summed E-state index contributed by atoms with van der Waals surface area (Å²) in [7, 11) is 3.26. The summed E-state index contributed by atoms with van der Waals surface area (Å²) in [5.41, 5.74) is 5.14. The van der Waals surface area contributed by atoms with Gasteiger partial charge in [-0.3, -0.25) is 4.79 Å². The van der Waals surface area contributed by atoms with Gasteiger partial charge in [0.15, 0.2) is 6.29 Å². The lowest BCUT2D eigenvalue weighted by Gasteiger charge is -2.12. The smallest absolute Gasteiger partial charge is 0.153 e. The summed E-state index contributed by atoms with van der Waals surface area (Å²) >= 11 is 0. The van der Waals surface area contributed by atoms with Crippen LogP contribution in [0, 0.1) is 0 Å². The van der Waals surface area contributed by atoms with E-state index in [1.807, 2.05) is 68.4 Å². The van der Waals surface area contributed by atoms with Gasteiger partial charge in [0.25, 0.3) is 0 Å². The van der Waals surface area contributed by atoms with Gasteiger partial charge >= 0.3 is 0 Å². The van der Waals surface area contributed by atoms with Crippen molar-refractivity contribution in [1.29, 1.82) is 0 Å². The summed E-state index contributed by atoms with van der Waals surface area (Å²) in [4.78, 5) is 19.9. The van der Waals surface area contributed by atoms with Crippen LogP contribution in [0.5, 0.6) is 17.2 Å². The predicted octanol–water partition coefficient (Wildman–Crippen LogP) is 6.07. The molecule has 0 aliphatic rings. The first-order chi connectivity index (χ1) is 15.9. The highest BCUT2D eigenvalue weighted by atomic mass is 16.5. The van der Waals surface area contributed by atoms with E-state index in [4.69, 9.17) is 14.5 Å². The third kappa shape index (κ3) is 4.32. The lowest BCUT2D eigenvalue weighted by Crippen LogP contribution is -1.95. The van der Waals surface area contributed by atoms with E-state index >= 15 is 0 Å². The van der Waals surface area contributed by atoms with Gasteiger partial charge in [0.05, 0.1) is 31.2 Å². The molecule has 0 aliphatic heterocycles. The fraction of sp³-hybridized carbons (Fsp3) is 0.185. The molecule has 2 N–H and O–H groups in total. The van der Waals surface area contributed by atoms with Crippen molar-refractivity contribution in [2.75, 3.05) is 14.2 Å². The van der Waals surface area contributed by atoms with Crippen molar-refractivity contribution in [2.45, 2.75) is 19.8 Å². The highest BCUT2D eigenvalue weighted by molar-refractivity contribution is 5.85. The largest absolute Gasteiger partial charge is 0.507 e. The normalized spacial score (nSPS) is 10.9. The minimum absolute atomic E-state index is 0.0149. The quantitative estimate of drug-likeness (QED) is 0.339. The second-order valence-corrected chi connectivity index (χ2v) is 8.04. The first-order valence-electron chi connectivity index (χ1n) is 10.7. The Labute approximate surface area is 192 Å². The number of rotatable bonds is 7. The van der Waals surface area contributed by atoms with Crippen LogP contribution in [0.2, 0.25) is 0 Å². The molecule has 0 unspecified atom stereocenters. The number of H-pyrrole nitrogens is 1. The lowest BCUT2D eigenvalue weighted by atomic mass is 9.96. The standard InChI is InChI=1S/C27H26N2O4/c1-16(2)23-14-19(13-20(15-30)26(23)31)27-28-24(17-5-9-21(32-3)10-6-17)25(29-27)18-7-11-22(33-4)12-8-18/h5-16,31H,1-4H3,(H,28,29). The molecule has 0 saturated heterocycles. The van der Waals surface area contributed by atoms with E-state index in [0.717, 1.165) is 39.6 Å². The molecule has 0 spiro atoms. The Balaban J connectivity index is 1.91. The average Bonchev–Trinajstić information content (AvgIpc) is 3.29. The molecule has 4 rings (SSSR count). The molecule has 6 nitrogen and oxygen atoms in total. The summed E-state index contributed by atoms with van der Waals surface area (Å²) in [6.45, 7) is 3.95. The number of nitrogens with zero attached hydrogens (tertiary/aromatic N) is 1. The minimum atomic E-state index is 0.0149. The molecule has 0 radical (unpaired) electrons. The molecule has 33 heavy (non-hydrogen) atoms. The fourth-order valence-electron chi connectivity index (χ4n) is 3.78. The number of aromatic amines is 1. The van der Waals surface area contributed by atoms with Crippen LogP contribution < -0.4 is 9.47 Å². The molecular formula is C27H26N2O4. The zero-order chi connectivity index (χ0) is 23.5. The number of imidazole rings is 1. The van der Waals surface area contributed by atoms with E-state index in [-0.39, 0.29) is 17.2 Å². The molecule has 3 aromatic carbocycles. The number of phenolic OH excluding ortho intramolecular Hbond substituents is 1. The van der Waals surface area contributed by atoms with Crippen molar-refractivity contribution in [1.82, 2.24) is 9.97 Å². The Morgan fingerprint density at radius 3 is 1.97 bits per heavy atom. The number of ether oxygens (including phenoxy) is 2. The van der Waals surface area contributed by atoms with Crippen molar-refractivity contribution in [3.05, 3.63) is 71.8 Å². The third-order valence-corrected chi connectivity index (χ3v) is 5.64. The van der Waals surface area contributed by atoms with Gasteiger partial charge in [0.1, 0.15) is 23.1 Å². The number of hydrogen-bond acceptors (Lipinski definition) is 5. The van der Waals surface area contributed by atoms with Crippen molar-refractivity contribution < 1.29 is 19.4 Å². The summed E-state index contributed by atoms with van der Waals surface area (Å²) < 4.78 is 10.6. The summed E-state index contributed by atoms with van der Waals surface area (Å²) in [6.07, 6.45) is 0.669. The molecule has 168 valence electrons. The Bertz CT molecular complexity index is 1210.